The van der Waals surface area contributed by atoms with Crippen LogP contribution in [0.2, 0.25) is 5.02 Å². The molecular weight excluding hydrogens is 318 g/mol. The highest BCUT2D eigenvalue weighted by Gasteiger charge is 2.16. The van der Waals surface area contributed by atoms with E-state index in [1.54, 1.807) is 30.7 Å². The number of hydrazone groups is 1. The molecule has 0 aliphatic rings. The van der Waals surface area contributed by atoms with Gasteiger partial charge in [-0.1, -0.05) is 23.7 Å². The number of amides is 1. The first kappa shape index (κ1) is 14.7. The highest BCUT2D eigenvalue weighted by Crippen LogP contribution is 2.35. The molecule has 0 saturated carbocycles. The quantitative estimate of drug-likeness (QED) is 0.583. The van der Waals surface area contributed by atoms with Gasteiger partial charge < -0.3 is 0 Å². The van der Waals surface area contributed by atoms with Crippen molar-refractivity contribution in [3.05, 3.63) is 63.8 Å². The first-order chi connectivity index (χ1) is 10.6. The van der Waals surface area contributed by atoms with Gasteiger partial charge in [0.05, 0.1) is 11.2 Å². The molecule has 0 saturated heterocycles. The van der Waals surface area contributed by atoms with Gasteiger partial charge in [0.1, 0.15) is 4.88 Å². The third kappa shape index (κ3) is 3.00. The van der Waals surface area contributed by atoms with Crippen LogP contribution in [-0.4, -0.2) is 17.1 Å². The number of aromatic nitrogens is 1. The van der Waals surface area contributed by atoms with Crippen molar-refractivity contribution < 1.29 is 4.79 Å². The summed E-state index contributed by atoms with van der Waals surface area (Å²) in [6.07, 6.45) is 4.88. The summed E-state index contributed by atoms with van der Waals surface area (Å²) >= 11 is 7.65. The number of nitrogens with zero attached hydrogens (tertiary/aromatic N) is 2. The molecule has 0 bridgehead atoms. The Morgan fingerprint density at radius 2 is 2.09 bits per heavy atom. The van der Waals surface area contributed by atoms with Gasteiger partial charge in [-0.2, -0.15) is 5.10 Å². The Morgan fingerprint density at radius 1 is 1.32 bits per heavy atom. The number of fused-ring (bicyclic) bond motifs is 1. The summed E-state index contributed by atoms with van der Waals surface area (Å²) in [6.45, 7) is 2.01. The van der Waals surface area contributed by atoms with E-state index in [1.165, 1.54) is 11.3 Å². The Morgan fingerprint density at radius 3 is 2.86 bits per heavy atom. The predicted octanol–water partition coefficient (Wildman–Crippen LogP) is 4.02. The average molecular weight is 330 g/mol. The smallest absolute Gasteiger partial charge is 0.266 e. The maximum atomic E-state index is 12.2. The van der Waals surface area contributed by atoms with Crippen LogP contribution < -0.4 is 5.43 Å². The van der Waals surface area contributed by atoms with E-state index in [-0.39, 0.29) is 5.91 Å². The lowest BCUT2D eigenvalue weighted by molar-refractivity contribution is 0.0959. The van der Waals surface area contributed by atoms with Gasteiger partial charge in [0.2, 0.25) is 0 Å². The number of benzene rings is 1. The molecule has 0 aliphatic carbocycles. The highest BCUT2D eigenvalue weighted by atomic mass is 35.5. The topological polar surface area (TPSA) is 54.4 Å². The van der Waals surface area contributed by atoms with Gasteiger partial charge in [0.25, 0.3) is 5.91 Å². The molecule has 0 aliphatic heterocycles. The second-order valence-electron chi connectivity index (χ2n) is 4.72. The number of hydrogen-bond donors (Lipinski definition) is 1. The number of aryl methyl sites for hydroxylation is 1. The summed E-state index contributed by atoms with van der Waals surface area (Å²) in [4.78, 5) is 16.6. The number of nitrogens with one attached hydrogen (secondary N) is 1. The summed E-state index contributed by atoms with van der Waals surface area (Å²) in [5.74, 6) is -0.311. The van der Waals surface area contributed by atoms with Crippen molar-refractivity contribution in [2.24, 2.45) is 5.10 Å². The van der Waals surface area contributed by atoms with Gasteiger partial charge >= 0.3 is 0 Å². The first-order valence-electron chi connectivity index (χ1n) is 6.57. The van der Waals surface area contributed by atoms with Crippen molar-refractivity contribution in [1.82, 2.24) is 10.4 Å². The van der Waals surface area contributed by atoms with Gasteiger partial charge in [0, 0.05) is 22.5 Å². The van der Waals surface area contributed by atoms with Gasteiger partial charge in [-0.05, 0) is 36.2 Å². The van der Waals surface area contributed by atoms with Crippen molar-refractivity contribution in [2.45, 2.75) is 6.92 Å². The molecule has 0 radical (unpaired) electrons. The summed E-state index contributed by atoms with van der Waals surface area (Å²) in [6, 6.07) is 9.52. The third-order valence-corrected chi connectivity index (χ3v) is 4.73. The Labute approximate surface area is 136 Å². The van der Waals surface area contributed by atoms with Crippen molar-refractivity contribution in [3.63, 3.8) is 0 Å². The van der Waals surface area contributed by atoms with Crippen LogP contribution >= 0.6 is 22.9 Å². The number of rotatable bonds is 3. The lowest BCUT2D eigenvalue weighted by atomic mass is 10.2. The Bertz CT molecular complexity index is 858. The molecule has 3 rings (SSSR count). The number of pyridine rings is 1. The van der Waals surface area contributed by atoms with Crippen LogP contribution in [0.3, 0.4) is 0 Å². The van der Waals surface area contributed by atoms with Crippen LogP contribution in [0.25, 0.3) is 10.1 Å². The van der Waals surface area contributed by atoms with E-state index < -0.39 is 0 Å². The van der Waals surface area contributed by atoms with Crippen LogP contribution in [0.5, 0.6) is 0 Å². The normalized spacial score (nSPS) is 11.2. The maximum absolute atomic E-state index is 12.2. The lowest BCUT2D eigenvalue weighted by Crippen LogP contribution is -2.16. The summed E-state index contributed by atoms with van der Waals surface area (Å²) < 4.78 is 0.994. The highest BCUT2D eigenvalue weighted by molar-refractivity contribution is 7.21. The van der Waals surface area contributed by atoms with E-state index in [4.69, 9.17) is 11.6 Å². The van der Waals surface area contributed by atoms with Gasteiger partial charge in [-0.3, -0.25) is 9.78 Å². The molecule has 4 nitrogen and oxygen atoms in total. The molecule has 3 aromatic rings. The summed E-state index contributed by atoms with van der Waals surface area (Å²) in [7, 11) is 0. The second-order valence-corrected chi connectivity index (χ2v) is 6.15. The van der Waals surface area contributed by atoms with E-state index in [9.17, 15) is 4.79 Å². The molecule has 110 valence electrons. The SMILES string of the molecule is Cc1ccc2c(Cl)c(C(=O)N/N=C/c3ccncc3)sc2c1. The number of hydrogen-bond acceptors (Lipinski definition) is 4. The Balaban J connectivity index is 1.80. The number of carbonyl (C=O) groups excluding carboxylic acids is 1. The van der Waals surface area contributed by atoms with Gasteiger partial charge in [0.15, 0.2) is 0 Å². The van der Waals surface area contributed by atoms with Crippen molar-refractivity contribution in [1.29, 1.82) is 0 Å². The summed E-state index contributed by atoms with van der Waals surface area (Å²) in [5.41, 5.74) is 4.49. The second kappa shape index (κ2) is 6.25. The standard InChI is InChI=1S/C16H12ClN3OS/c1-10-2-3-12-13(8-10)22-15(14(12)17)16(21)20-19-9-11-4-6-18-7-5-11/h2-9H,1H3,(H,20,21)/b19-9+. The Hall–Kier alpha value is -2.24. The zero-order chi connectivity index (χ0) is 15.5. The van der Waals surface area contributed by atoms with Crippen molar-refractivity contribution in [2.75, 3.05) is 0 Å². The zero-order valence-corrected chi connectivity index (χ0v) is 13.3. The fourth-order valence-corrected chi connectivity index (χ4v) is 3.49. The monoisotopic (exact) mass is 329 g/mol. The van der Waals surface area contributed by atoms with Gasteiger partial charge in [-0.25, -0.2) is 5.43 Å². The average Bonchev–Trinajstić information content (AvgIpc) is 2.84. The molecule has 1 aromatic carbocycles. The summed E-state index contributed by atoms with van der Waals surface area (Å²) in [5, 5.41) is 5.30. The van der Waals surface area contributed by atoms with Crippen LogP contribution in [0, 0.1) is 6.92 Å². The van der Waals surface area contributed by atoms with E-state index in [0.29, 0.717) is 9.90 Å². The molecule has 1 N–H and O–H groups in total. The molecular formula is C16H12ClN3OS. The fraction of sp³-hybridized carbons (Fsp3) is 0.0625. The zero-order valence-electron chi connectivity index (χ0n) is 11.7. The van der Waals surface area contributed by atoms with E-state index in [2.05, 4.69) is 15.5 Å². The maximum Gasteiger partial charge on any atom is 0.283 e. The minimum Gasteiger partial charge on any atom is -0.266 e. The molecule has 0 fully saturated rings. The largest absolute Gasteiger partial charge is 0.283 e. The molecule has 6 heteroatoms. The van der Waals surface area contributed by atoms with Crippen LogP contribution in [-0.2, 0) is 0 Å². The van der Waals surface area contributed by atoms with Gasteiger partial charge in [-0.15, -0.1) is 11.3 Å². The third-order valence-electron chi connectivity index (χ3n) is 3.08. The van der Waals surface area contributed by atoms with Crippen LogP contribution in [0.4, 0.5) is 0 Å². The predicted molar refractivity (Wildman–Crippen MR) is 90.9 cm³/mol. The van der Waals surface area contributed by atoms with Crippen LogP contribution in [0.1, 0.15) is 20.8 Å². The minimum atomic E-state index is -0.311. The number of halogens is 1. The number of thiophene rings is 1. The molecule has 0 atom stereocenters. The van der Waals surface area contributed by atoms with E-state index in [0.717, 1.165) is 21.2 Å². The Kier molecular flexibility index (Phi) is 4.18. The first-order valence-corrected chi connectivity index (χ1v) is 7.76. The lowest BCUT2D eigenvalue weighted by Gasteiger charge is -1.97. The molecule has 0 unspecified atom stereocenters. The molecule has 22 heavy (non-hydrogen) atoms. The molecule has 1 amide bonds. The molecule has 2 heterocycles. The van der Waals surface area contributed by atoms with E-state index in [1.807, 2.05) is 25.1 Å². The molecule has 2 aromatic heterocycles. The number of carbonyl (C=O) groups is 1. The van der Waals surface area contributed by atoms with Crippen molar-refractivity contribution in [3.8, 4) is 0 Å². The van der Waals surface area contributed by atoms with Crippen molar-refractivity contribution >= 4 is 45.1 Å². The van der Waals surface area contributed by atoms with E-state index >= 15 is 0 Å². The minimum absolute atomic E-state index is 0.311. The molecule has 0 spiro atoms. The fourth-order valence-electron chi connectivity index (χ4n) is 1.98. The van der Waals surface area contributed by atoms with Crippen LogP contribution in [0.15, 0.2) is 47.8 Å².